The highest BCUT2D eigenvalue weighted by Crippen LogP contribution is 2.32. The number of hydrogen-bond donors (Lipinski definition) is 1. The highest BCUT2D eigenvalue weighted by Gasteiger charge is 2.17. The number of carbonyl (C=O) groups is 3. The second kappa shape index (κ2) is 7.64. The van der Waals surface area contributed by atoms with E-state index in [-0.39, 0.29) is 12.4 Å². The van der Waals surface area contributed by atoms with E-state index in [4.69, 9.17) is 14.2 Å². The van der Waals surface area contributed by atoms with Crippen molar-refractivity contribution in [3.63, 3.8) is 0 Å². The SMILES string of the molecule is O=C(CNC(=O)c1ccc2c(c1)OCO2)OCC(=O)c1ccc(F)cc1. The summed E-state index contributed by atoms with van der Waals surface area (Å²) in [6.07, 6.45) is 0. The standard InChI is InChI=1S/C18H14FNO6/c19-13-4-1-11(2-5-13)14(21)9-24-17(22)8-20-18(23)12-3-6-15-16(7-12)26-10-25-15/h1-7H,8-10H2,(H,20,23). The Labute approximate surface area is 147 Å². The summed E-state index contributed by atoms with van der Waals surface area (Å²) in [6.45, 7) is -0.802. The Bertz CT molecular complexity index is 849. The van der Waals surface area contributed by atoms with Crippen molar-refractivity contribution in [1.82, 2.24) is 5.32 Å². The van der Waals surface area contributed by atoms with Crippen LogP contribution in [0.15, 0.2) is 42.5 Å². The fraction of sp³-hybridized carbons (Fsp3) is 0.167. The summed E-state index contributed by atoms with van der Waals surface area (Å²) in [5.74, 6) is -1.21. The molecular weight excluding hydrogens is 345 g/mol. The zero-order valence-electron chi connectivity index (χ0n) is 13.5. The van der Waals surface area contributed by atoms with Crippen LogP contribution >= 0.6 is 0 Å². The highest BCUT2D eigenvalue weighted by atomic mass is 19.1. The lowest BCUT2D eigenvalue weighted by Crippen LogP contribution is -2.31. The summed E-state index contributed by atoms with van der Waals surface area (Å²) in [4.78, 5) is 35.5. The molecule has 3 rings (SSSR count). The first-order valence-corrected chi connectivity index (χ1v) is 7.65. The number of carbonyl (C=O) groups excluding carboxylic acids is 3. The Kier molecular flexibility index (Phi) is 5.12. The van der Waals surface area contributed by atoms with E-state index >= 15 is 0 Å². The lowest BCUT2D eigenvalue weighted by Gasteiger charge is -2.07. The van der Waals surface area contributed by atoms with Crippen molar-refractivity contribution in [2.24, 2.45) is 0 Å². The maximum absolute atomic E-state index is 12.8. The van der Waals surface area contributed by atoms with Crippen LogP contribution in [0, 0.1) is 5.82 Å². The maximum atomic E-state index is 12.8. The predicted molar refractivity (Wildman–Crippen MR) is 86.6 cm³/mol. The zero-order chi connectivity index (χ0) is 18.5. The Balaban J connectivity index is 1.45. The molecule has 0 saturated carbocycles. The topological polar surface area (TPSA) is 90.9 Å². The number of Topliss-reactive ketones (excluding diaryl/α,β-unsaturated/α-hetero) is 1. The van der Waals surface area contributed by atoms with Gasteiger partial charge >= 0.3 is 5.97 Å². The molecule has 8 heteroatoms. The predicted octanol–water partition coefficient (Wildman–Crippen LogP) is 1.71. The molecular formula is C18H14FNO6. The Morgan fingerprint density at radius 2 is 1.69 bits per heavy atom. The van der Waals surface area contributed by atoms with Crippen LogP contribution in [0.5, 0.6) is 11.5 Å². The second-order valence-corrected chi connectivity index (χ2v) is 5.34. The first kappa shape index (κ1) is 17.4. The third-order valence-electron chi connectivity index (χ3n) is 3.56. The molecule has 2 aromatic carbocycles. The third kappa shape index (κ3) is 4.15. The van der Waals surface area contributed by atoms with Gasteiger partial charge in [-0.1, -0.05) is 0 Å². The minimum absolute atomic E-state index is 0.0921. The van der Waals surface area contributed by atoms with Crippen molar-refractivity contribution >= 4 is 17.7 Å². The number of ether oxygens (including phenoxy) is 3. The summed E-state index contributed by atoms with van der Waals surface area (Å²) in [5, 5.41) is 2.39. The lowest BCUT2D eigenvalue weighted by molar-refractivity contribution is -0.141. The van der Waals surface area contributed by atoms with Gasteiger partial charge in [0.05, 0.1) is 0 Å². The van der Waals surface area contributed by atoms with Crippen molar-refractivity contribution < 1.29 is 33.0 Å². The van der Waals surface area contributed by atoms with Gasteiger partial charge in [0.2, 0.25) is 6.79 Å². The van der Waals surface area contributed by atoms with Crippen LogP contribution in [-0.2, 0) is 9.53 Å². The quantitative estimate of drug-likeness (QED) is 0.624. The summed E-state index contributed by atoms with van der Waals surface area (Å²) >= 11 is 0. The van der Waals surface area contributed by atoms with Crippen LogP contribution in [0.4, 0.5) is 4.39 Å². The normalized spacial score (nSPS) is 11.7. The fourth-order valence-electron chi connectivity index (χ4n) is 2.21. The number of ketones is 1. The molecule has 1 aliphatic heterocycles. The van der Waals surface area contributed by atoms with Gasteiger partial charge in [0, 0.05) is 11.1 Å². The molecule has 1 amide bonds. The minimum Gasteiger partial charge on any atom is -0.456 e. The van der Waals surface area contributed by atoms with E-state index in [0.29, 0.717) is 17.1 Å². The van der Waals surface area contributed by atoms with Gasteiger partial charge in [-0.2, -0.15) is 0 Å². The van der Waals surface area contributed by atoms with Crippen molar-refractivity contribution in [3.8, 4) is 11.5 Å². The van der Waals surface area contributed by atoms with Crippen LogP contribution in [0.3, 0.4) is 0 Å². The molecule has 26 heavy (non-hydrogen) atoms. The van der Waals surface area contributed by atoms with Gasteiger partial charge in [-0.05, 0) is 42.5 Å². The molecule has 0 unspecified atom stereocenters. The molecule has 2 aromatic rings. The lowest BCUT2D eigenvalue weighted by atomic mass is 10.1. The van der Waals surface area contributed by atoms with Gasteiger partial charge in [0.1, 0.15) is 12.4 Å². The van der Waals surface area contributed by atoms with Crippen molar-refractivity contribution in [2.45, 2.75) is 0 Å². The average molecular weight is 359 g/mol. The first-order chi connectivity index (χ1) is 12.5. The first-order valence-electron chi connectivity index (χ1n) is 7.65. The summed E-state index contributed by atoms with van der Waals surface area (Å²) in [7, 11) is 0. The van der Waals surface area contributed by atoms with Crippen LogP contribution in [0.2, 0.25) is 0 Å². The molecule has 1 aliphatic rings. The monoisotopic (exact) mass is 359 g/mol. The third-order valence-corrected chi connectivity index (χ3v) is 3.56. The smallest absolute Gasteiger partial charge is 0.325 e. The average Bonchev–Trinajstić information content (AvgIpc) is 3.12. The van der Waals surface area contributed by atoms with Crippen LogP contribution < -0.4 is 14.8 Å². The zero-order valence-corrected chi connectivity index (χ0v) is 13.5. The van der Waals surface area contributed by atoms with Gasteiger partial charge in [-0.25, -0.2) is 4.39 Å². The molecule has 0 spiro atoms. The Hall–Kier alpha value is -3.42. The van der Waals surface area contributed by atoms with Crippen LogP contribution in [0.25, 0.3) is 0 Å². The molecule has 0 atom stereocenters. The molecule has 7 nitrogen and oxygen atoms in total. The molecule has 0 bridgehead atoms. The molecule has 1 heterocycles. The van der Waals surface area contributed by atoms with Crippen LogP contribution in [0.1, 0.15) is 20.7 Å². The number of hydrogen-bond acceptors (Lipinski definition) is 6. The fourth-order valence-corrected chi connectivity index (χ4v) is 2.21. The molecule has 0 fully saturated rings. The molecule has 134 valence electrons. The van der Waals surface area contributed by atoms with Crippen molar-refractivity contribution in [1.29, 1.82) is 0 Å². The maximum Gasteiger partial charge on any atom is 0.325 e. The summed E-state index contributed by atoms with van der Waals surface area (Å²) in [5.41, 5.74) is 0.521. The highest BCUT2D eigenvalue weighted by molar-refractivity contribution is 5.99. The Morgan fingerprint density at radius 3 is 2.46 bits per heavy atom. The van der Waals surface area contributed by atoms with E-state index in [2.05, 4.69) is 5.32 Å². The molecule has 0 aliphatic carbocycles. The second-order valence-electron chi connectivity index (χ2n) is 5.34. The number of halogens is 1. The summed E-state index contributed by atoms with van der Waals surface area (Å²) in [6, 6.07) is 9.51. The molecule has 0 aromatic heterocycles. The number of benzene rings is 2. The van der Waals surface area contributed by atoms with E-state index in [1.54, 1.807) is 6.07 Å². The number of esters is 1. The van der Waals surface area contributed by atoms with Crippen molar-refractivity contribution in [3.05, 3.63) is 59.4 Å². The van der Waals surface area contributed by atoms with E-state index in [0.717, 1.165) is 12.1 Å². The largest absolute Gasteiger partial charge is 0.456 e. The van der Waals surface area contributed by atoms with Crippen molar-refractivity contribution in [2.75, 3.05) is 19.9 Å². The van der Waals surface area contributed by atoms with Gasteiger partial charge in [-0.3, -0.25) is 14.4 Å². The molecule has 0 radical (unpaired) electrons. The van der Waals surface area contributed by atoms with Gasteiger partial charge in [-0.15, -0.1) is 0 Å². The molecule has 0 saturated heterocycles. The number of rotatable bonds is 6. The number of amides is 1. The van der Waals surface area contributed by atoms with E-state index < -0.39 is 36.6 Å². The van der Waals surface area contributed by atoms with E-state index in [1.807, 2.05) is 0 Å². The van der Waals surface area contributed by atoms with Gasteiger partial charge in [0.15, 0.2) is 23.9 Å². The van der Waals surface area contributed by atoms with E-state index in [9.17, 15) is 18.8 Å². The van der Waals surface area contributed by atoms with Gasteiger partial charge in [0.25, 0.3) is 5.91 Å². The van der Waals surface area contributed by atoms with E-state index in [1.165, 1.54) is 24.3 Å². The Morgan fingerprint density at radius 1 is 1.00 bits per heavy atom. The molecule has 1 N–H and O–H groups in total. The summed E-state index contributed by atoms with van der Waals surface area (Å²) < 4.78 is 27.9. The van der Waals surface area contributed by atoms with Gasteiger partial charge < -0.3 is 19.5 Å². The minimum atomic E-state index is -0.769. The number of fused-ring (bicyclic) bond motifs is 1. The van der Waals surface area contributed by atoms with Crippen LogP contribution in [-0.4, -0.2) is 37.6 Å². The number of nitrogens with one attached hydrogen (secondary N) is 1.